The first-order chi connectivity index (χ1) is 12.0. The Hall–Kier alpha value is -2.73. The van der Waals surface area contributed by atoms with E-state index in [0.29, 0.717) is 17.3 Å². The number of nitrogens with zero attached hydrogens (tertiary/aromatic N) is 2. The number of aryl methyl sites for hydroxylation is 2. The Morgan fingerprint density at radius 3 is 2.88 bits per heavy atom. The monoisotopic (exact) mass is 359 g/mol. The van der Waals surface area contributed by atoms with E-state index in [-0.39, 0.29) is 18.3 Å². The average molecular weight is 360 g/mol. The summed E-state index contributed by atoms with van der Waals surface area (Å²) in [5, 5.41) is 7.51. The standard InChI is InChI=1S/C18H18ClN3O3/c1-12-9-13(19)3-5-16(12)24-11-15-4-6-17(25-15)18(23)20-10-14-7-8-21-22(14)2/h3-9H,10-11H2,1-2H3,(H,20,23). The zero-order chi connectivity index (χ0) is 17.8. The third-order valence-corrected chi connectivity index (χ3v) is 3.98. The molecule has 0 aliphatic carbocycles. The number of benzene rings is 1. The number of hydrogen-bond acceptors (Lipinski definition) is 4. The normalized spacial score (nSPS) is 10.7. The van der Waals surface area contributed by atoms with Crippen LogP contribution in [-0.4, -0.2) is 15.7 Å². The molecule has 2 heterocycles. The number of aromatic nitrogens is 2. The summed E-state index contributed by atoms with van der Waals surface area (Å²) in [6.07, 6.45) is 1.68. The molecule has 0 fully saturated rings. The van der Waals surface area contributed by atoms with E-state index in [4.69, 9.17) is 20.8 Å². The highest BCUT2D eigenvalue weighted by Gasteiger charge is 2.12. The predicted molar refractivity (Wildman–Crippen MR) is 93.6 cm³/mol. The van der Waals surface area contributed by atoms with Gasteiger partial charge in [0.25, 0.3) is 5.91 Å². The fourth-order valence-corrected chi connectivity index (χ4v) is 2.56. The Labute approximate surface area is 150 Å². The lowest BCUT2D eigenvalue weighted by molar-refractivity contribution is 0.0918. The fourth-order valence-electron chi connectivity index (χ4n) is 2.33. The lowest BCUT2D eigenvalue weighted by Crippen LogP contribution is -2.23. The van der Waals surface area contributed by atoms with Crippen LogP contribution in [0, 0.1) is 6.92 Å². The van der Waals surface area contributed by atoms with Crippen molar-refractivity contribution in [3.8, 4) is 5.75 Å². The molecular formula is C18H18ClN3O3. The van der Waals surface area contributed by atoms with Gasteiger partial charge in [0.2, 0.25) is 0 Å². The van der Waals surface area contributed by atoms with E-state index in [2.05, 4.69) is 10.4 Å². The van der Waals surface area contributed by atoms with Crippen molar-refractivity contribution in [1.82, 2.24) is 15.1 Å². The zero-order valence-corrected chi connectivity index (χ0v) is 14.7. The molecule has 3 aromatic rings. The third-order valence-electron chi connectivity index (χ3n) is 3.74. The summed E-state index contributed by atoms with van der Waals surface area (Å²) in [6.45, 7) is 2.53. The van der Waals surface area contributed by atoms with Gasteiger partial charge < -0.3 is 14.5 Å². The van der Waals surface area contributed by atoms with Gasteiger partial charge in [-0.05, 0) is 48.9 Å². The lowest BCUT2D eigenvalue weighted by atomic mass is 10.2. The molecule has 0 aliphatic heterocycles. The molecule has 2 aromatic heterocycles. The van der Waals surface area contributed by atoms with Gasteiger partial charge in [0, 0.05) is 18.3 Å². The fraction of sp³-hybridized carbons (Fsp3) is 0.222. The van der Waals surface area contributed by atoms with E-state index in [9.17, 15) is 4.79 Å². The summed E-state index contributed by atoms with van der Waals surface area (Å²) in [7, 11) is 1.82. The van der Waals surface area contributed by atoms with Gasteiger partial charge in [-0.3, -0.25) is 9.48 Å². The van der Waals surface area contributed by atoms with Crippen molar-refractivity contribution in [1.29, 1.82) is 0 Å². The summed E-state index contributed by atoms with van der Waals surface area (Å²) in [4.78, 5) is 12.1. The number of amides is 1. The summed E-state index contributed by atoms with van der Waals surface area (Å²) < 4.78 is 13.0. The van der Waals surface area contributed by atoms with Crippen molar-refractivity contribution in [2.45, 2.75) is 20.1 Å². The first-order valence-electron chi connectivity index (χ1n) is 7.75. The van der Waals surface area contributed by atoms with E-state index in [0.717, 1.165) is 17.0 Å². The second-order valence-corrected chi connectivity index (χ2v) is 6.03. The topological polar surface area (TPSA) is 69.3 Å². The van der Waals surface area contributed by atoms with E-state index >= 15 is 0 Å². The highest BCUT2D eigenvalue weighted by atomic mass is 35.5. The molecule has 1 aromatic carbocycles. The van der Waals surface area contributed by atoms with Crippen LogP contribution in [0.1, 0.15) is 27.6 Å². The Morgan fingerprint density at radius 1 is 1.32 bits per heavy atom. The summed E-state index contributed by atoms with van der Waals surface area (Å²) in [5.41, 5.74) is 1.84. The molecule has 0 saturated carbocycles. The van der Waals surface area contributed by atoms with Crippen molar-refractivity contribution in [2.24, 2.45) is 7.05 Å². The van der Waals surface area contributed by atoms with Gasteiger partial charge in [0.15, 0.2) is 5.76 Å². The van der Waals surface area contributed by atoms with E-state index in [1.54, 1.807) is 29.1 Å². The molecule has 0 bridgehead atoms. The second kappa shape index (κ2) is 7.44. The molecule has 0 aliphatic rings. The highest BCUT2D eigenvalue weighted by Crippen LogP contribution is 2.23. The molecule has 0 spiro atoms. The van der Waals surface area contributed by atoms with Crippen LogP contribution >= 0.6 is 11.6 Å². The second-order valence-electron chi connectivity index (χ2n) is 5.59. The minimum atomic E-state index is -0.282. The number of hydrogen-bond donors (Lipinski definition) is 1. The number of carbonyl (C=O) groups excluding carboxylic acids is 1. The maximum Gasteiger partial charge on any atom is 0.287 e. The van der Waals surface area contributed by atoms with Gasteiger partial charge in [0.05, 0.1) is 12.2 Å². The Bertz CT molecular complexity index is 885. The number of furan rings is 1. The van der Waals surface area contributed by atoms with E-state index in [1.165, 1.54) is 0 Å². The highest BCUT2D eigenvalue weighted by molar-refractivity contribution is 6.30. The van der Waals surface area contributed by atoms with Gasteiger partial charge >= 0.3 is 0 Å². The summed E-state index contributed by atoms with van der Waals surface area (Å²) in [6, 6.07) is 10.6. The predicted octanol–water partition coefficient (Wildman–Crippen LogP) is 3.48. The lowest BCUT2D eigenvalue weighted by Gasteiger charge is -2.07. The number of nitrogens with one attached hydrogen (secondary N) is 1. The Kier molecular flexibility index (Phi) is 5.09. The van der Waals surface area contributed by atoms with Gasteiger partial charge in [-0.2, -0.15) is 5.10 Å². The van der Waals surface area contributed by atoms with Gasteiger partial charge in [-0.25, -0.2) is 0 Å². The molecule has 1 N–H and O–H groups in total. The SMILES string of the molecule is Cc1cc(Cl)ccc1OCc1ccc(C(=O)NCc2ccnn2C)o1. The maximum atomic E-state index is 12.1. The molecule has 1 amide bonds. The quantitative estimate of drug-likeness (QED) is 0.731. The van der Waals surface area contributed by atoms with Crippen LogP contribution < -0.4 is 10.1 Å². The molecule has 130 valence electrons. The van der Waals surface area contributed by atoms with Crippen LogP contribution in [-0.2, 0) is 20.2 Å². The number of halogens is 1. The van der Waals surface area contributed by atoms with Gasteiger partial charge in [-0.1, -0.05) is 11.6 Å². The van der Waals surface area contributed by atoms with Crippen LogP contribution in [0.5, 0.6) is 5.75 Å². The van der Waals surface area contributed by atoms with Crippen molar-refractivity contribution in [2.75, 3.05) is 0 Å². The largest absolute Gasteiger partial charge is 0.485 e. The smallest absolute Gasteiger partial charge is 0.287 e. The van der Waals surface area contributed by atoms with Crippen molar-refractivity contribution in [3.05, 3.63) is 70.4 Å². The van der Waals surface area contributed by atoms with Crippen LogP contribution in [0.15, 0.2) is 47.0 Å². The zero-order valence-electron chi connectivity index (χ0n) is 14.0. The molecular weight excluding hydrogens is 342 g/mol. The maximum absolute atomic E-state index is 12.1. The summed E-state index contributed by atoms with van der Waals surface area (Å²) >= 11 is 5.92. The third kappa shape index (κ3) is 4.22. The van der Waals surface area contributed by atoms with Gasteiger partial charge in [-0.15, -0.1) is 0 Å². The molecule has 7 heteroatoms. The Morgan fingerprint density at radius 2 is 2.16 bits per heavy atom. The molecule has 0 unspecified atom stereocenters. The van der Waals surface area contributed by atoms with E-state index in [1.807, 2.05) is 32.2 Å². The molecule has 0 radical (unpaired) electrons. The van der Waals surface area contributed by atoms with Crippen molar-refractivity contribution < 1.29 is 13.9 Å². The first-order valence-corrected chi connectivity index (χ1v) is 8.13. The van der Waals surface area contributed by atoms with Crippen LogP contribution in [0.3, 0.4) is 0 Å². The first kappa shape index (κ1) is 17.1. The summed E-state index contributed by atoms with van der Waals surface area (Å²) in [5.74, 6) is 1.26. The van der Waals surface area contributed by atoms with Crippen molar-refractivity contribution in [3.63, 3.8) is 0 Å². The molecule has 3 rings (SSSR count). The van der Waals surface area contributed by atoms with Crippen LogP contribution in [0.2, 0.25) is 5.02 Å². The minimum absolute atomic E-state index is 0.234. The number of rotatable bonds is 6. The minimum Gasteiger partial charge on any atom is -0.485 e. The molecule has 0 atom stereocenters. The Balaban J connectivity index is 1.56. The van der Waals surface area contributed by atoms with Crippen LogP contribution in [0.25, 0.3) is 0 Å². The van der Waals surface area contributed by atoms with E-state index < -0.39 is 0 Å². The van der Waals surface area contributed by atoms with Gasteiger partial charge in [0.1, 0.15) is 18.1 Å². The van der Waals surface area contributed by atoms with Crippen LogP contribution in [0.4, 0.5) is 0 Å². The average Bonchev–Trinajstić information content (AvgIpc) is 3.21. The molecule has 6 nitrogen and oxygen atoms in total. The number of carbonyl (C=O) groups is 1. The number of ether oxygens (including phenoxy) is 1. The molecule has 25 heavy (non-hydrogen) atoms. The molecule has 0 saturated heterocycles. The van der Waals surface area contributed by atoms with Crippen molar-refractivity contribution >= 4 is 17.5 Å².